The highest BCUT2D eigenvalue weighted by Gasteiger charge is 2.29. The largest absolute Gasteiger partial charge is 0.478 e. The fourth-order valence-electron chi connectivity index (χ4n) is 2.47. The number of aromatic carboxylic acids is 1. The second-order valence-corrected chi connectivity index (χ2v) is 4.22. The summed E-state index contributed by atoms with van der Waals surface area (Å²) in [5.41, 5.74) is 2.32. The maximum absolute atomic E-state index is 10.9. The van der Waals surface area contributed by atoms with Crippen molar-refractivity contribution in [1.82, 2.24) is 4.90 Å². The maximum Gasteiger partial charge on any atom is 0.335 e. The average Bonchev–Trinajstić information content (AvgIpc) is 2.76. The number of hydrogen-bond donors (Lipinski definition) is 1. The molecule has 1 fully saturated rings. The van der Waals surface area contributed by atoms with Crippen LogP contribution in [0, 0.1) is 0 Å². The minimum atomic E-state index is -0.873. The molecule has 1 unspecified atom stereocenters. The van der Waals surface area contributed by atoms with E-state index in [1.54, 1.807) is 18.2 Å². The van der Waals surface area contributed by atoms with Gasteiger partial charge in [-0.3, -0.25) is 0 Å². The summed E-state index contributed by atoms with van der Waals surface area (Å²) in [6.45, 7) is 1.02. The van der Waals surface area contributed by atoms with Gasteiger partial charge in [0.1, 0.15) is 0 Å². The first-order valence-corrected chi connectivity index (χ1v) is 5.43. The van der Waals surface area contributed by atoms with Gasteiger partial charge in [-0.05, 0) is 31.0 Å². The van der Waals surface area contributed by atoms with E-state index < -0.39 is 5.97 Å². The van der Waals surface area contributed by atoms with Crippen LogP contribution in [0.25, 0.3) is 0 Å². The summed E-state index contributed by atoms with van der Waals surface area (Å²) in [5, 5.41) is 8.97. The molecule has 0 saturated carbocycles. The third-order valence-corrected chi connectivity index (χ3v) is 3.27. The molecule has 0 spiro atoms. The zero-order chi connectivity index (χ0) is 11.1. The number of carboxylic acids is 1. The van der Waals surface area contributed by atoms with E-state index >= 15 is 0 Å². The predicted molar refractivity (Wildman–Crippen MR) is 60.2 cm³/mol. The normalized spacial score (nSPS) is 21.8. The molecule has 2 aliphatic rings. The lowest BCUT2D eigenvalue weighted by Gasteiger charge is -2.27. The molecule has 4 nitrogen and oxygen atoms in total. The Bertz CT molecular complexity index is 482. The van der Waals surface area contributed by atoms with Crippen LogP contribution in [0.1, 0.15) is 34.8 Å². The van der Waals surface area contributed by atoms with Crippen molar-refractivity contribution in [2.45, 2.75) is 18.9 Å². The first-order valence-electron chi connectivity index (χ1n) is 5.43. The molecule has 2 heterocycles. The van der Waals surface area contributed by atoms with Crippen LogP contribution in [0.3, 0.4) is 0 Å². The highest BCUT2D eigenvalue weighted by atomic mass is 16.4. The van der Waals surface area contributed by atoms with Crippen LogP contribution in [0.4, 0.5) is 5.69 Å². The zero-order valence-corrected chi connectivity index (χ0v) is 8.76. The Kier molecular flexibility index (Phi) is 1.96. The van der Waals surface area contributed by atoms with Crippen LogP contribution in [-0.4, -0.2) is 28.9 Å². The van der Waals surface area contributed by atoms with Crippen molar-refractivity contribution in [3.8, 4) is 0 Å². The summed E-state index contributed by atoms with van der Waals surface area (Å²) in [6.07, 6.45) is 4.11. The van der Waals surface area contributed by atoms with Crippen molar-refractivity contribution in [2.75, 3.05) is 6.54 Å². The van der Waals surface area contributed by atoms with Crippen molar-refractivity contribution >= 4 is 18.0 Å². The molecular formula is C12H12N2O2. The van der Waals surface area contributed by atoms with Crippen LogP contribution in [0.15, 0.2) is 23.2 Å². The van der Waals surface area contributed by atoms with Gasteiger partial charge in [0.15, 0.2) is 0 Å². The molecule has 4 heteroatoms. The Morgan fingerprint density at radius 2 is 2.38 bits per heavy atom. The molecule has 1 aromatic rings. The Morgan fingerprint density at radius 1 is 1.50 bits per heavy atom. The number of carboxylic acid groups (broad SMARTS) is 1. The van der Waals surface area contributed by atoms with E-state index in [1.807, 2.05) is 6.34 Å². The highest BCUT2D eigenvalue weighted by Crippen LogP contribution is 2.39. The molecule has 1 aromatic carbocycles. The fraction of sp³-hybridized carbons (Fsp3) is 0.333. The van der Waals surface area contributed by atoms with Gasteiger partial charge in [-0.15, -0.1) is 0 Å². The quantitative estimate of drug-likeness (QED) is 0.782. The number of hydrogen-bond acceptors (Lipinski definition) is 3. The van der Waals surface area contributed by atoms with Crippen LogP contribution < -0.4 is 0 Å². The van der Waals surface area contributed by atoms with E-state index in [9.17, 15) is 4.79 Å². The van der Waals surface area contributed by atoms with Gasteiger partial charge in [-0.2, -0.15) is 0 Å². The minimum Gasteiger partial charge on any atom is -0.478 e. The lowest BCUT2D eigenvalue weighted by Crippen LogP contribution is -2.24. The molecule has 3 rings (SSSR count). The van der Waals surface area contributed by atoms with Crippen molar-refractivity contribution in [3.63, 3.8) is 0 Å². The Labute approximate surface area is 93.2 Å². The van der Waals surface area contributed by atoms with Crippen LogP contribution >= 0.6 is 0 Å². The summed E-state index contributed by atoms with van der Waals surface area (Å²) in [6, 6.07) is 5.50. The van der Waals surface area contributed by atoms with E-state index in [0.29, 0.717) is 11.6 Å². The van der Waals surface area contributed by atoms with E-state index in [4.69, 9.17) is 5.11 Å². The smallest absolute Gasteiger partial charge is 0.335 e. The SMILES string of the molecule is O=C(O)c1ccc2c(c1)C1CCCN1C=N2. The lowest BCUT2D eigenvalue weighted by atomic mass is 9.99. The summed E-state index contributed by atoms with van der Waals surface area (Å²) >= 11 is 0. The summed E-state index contributed by atoms with van der Waals surface area (Å²) in [4.78, 5) is 17.5. The lowest BCUT2D eigenvalue weighted by molar-refractivity contribution is 0.0696. The van der Waals surface area contributed by atoms with E-state index in [1.165, 1.54) is 0 Å². The van der Waals surface area contributed by atoms with Crippen molar-refractivity contribution in [2.24, 2.45) is 4.99 Å². The standard InChI is InChI=1S/C12H12N2O2/c15-12(16)8-3-4-10-9(6-8)11-2-1-5-14(11)7-13-10/h3-4,6-7,11H,1-2,5H2,(H,15,16). The molecule has 0 bridgehead atoms. The third kappa shape index (κ3) is 1.30. The summed E-state index contributed by atoms with van der Waals surface area (Å²) < 4.78 is 0. The Balaban J connectivity index is 2.10. The number of benzene rings is 1. The first kappa shape index (κ1) is 9.39. The summed E-state index contributed by atoms with van der Waals surface area (Å²) in [5.74, 6) is -0.873. The molecule has 2 aliphatic heterocycles. The molecule has 0 radical (unpaired) electrons. The van der Waals surface area contributed by atoms with E-state index in [2.05, 4.69) is 9.89 Å². The highest BCUT2D eigenvalue weighted by molar-refractivity contribution is 5.89. The average molecular weight is 216 g/mol. The van der Waals surface area contributed by atoms with Gasteiger partial charge in [0.2, 0.25) is 0 Å². The molecule has 1 saturated heterocycles. The second kappa shape index (κ2) is 3.33. The third-order valence-electron chi connectivity index (χ3n) is 3.27. The van der Waals surface area contributed by atoms with Crippen LogP contribution in [0.5, 0.6) is 0 Å². The topological polar surface area (TPSA) is 52.9 Å². The molecular weight excluding hydrogens is 204 g/mol. The number of carbonyl (C=O) groups is 1. The fourth-order valence-corrected chi connectivity index (χ4v) is 2.47. The van der Waals surface area contributed by atoms with Crippen molar-refractivity contribution < 1.29 is 9.90 Å². The number of aliphatic imine (C=N–C) groups is 1. The van der Waals surface area contributed by atoms with Gasteiger partial charge < -0.3 is 10.0 Å². The van der Waals surface area contributed by atoms with Gasteiger partial charge in [-0.1, -0.05) is 0 Å². The van der Waals surface area contributed by atoms with Gasteiger partial charge in [0, 0.05) is 12.1 Å². The Morgan fingerprint density at radius 3 is 3.19 bits per heavy atom. The maximum atomic E-state index is 10.9. The molecule has 0 amide bonds. The van der Waals surface area contributed by atoms with Crippen molar-refractivity contribution in [1.29, 1.82) is 0 Å². The van der Waals surface area contributed by atoms with Gasteiger partial charge >= 0.3 is 5.97 Å². The second-order valence-electron chi connectivity index (χ2n) is 4.22. The monoisotopic (exact) mass is 216 g/mol. The van der Waals surface area contributed by atoms with Crippen molar-refractivity contribution in [3.05, 3.63) is 29.3 Å². The van der Waals surface area contributed by atoms with E-state index in [0.717, 1.165) is 30.6 Å². The number of rotatable bonds is 1. The summed E-state index contributed by atoms with van der Waals surface area (Å²) in [7, 11) is 0. The Hall–Kier alpha value is -1.84. The van der Waals surface area contributed by atoms with E-state index in [-0.39, 0.29) is 0 Å². The molecule has 82 valence electrons. The molecule has 0 aromatic heterocycles. The number of nitrogens with zero attached hydrogens (tertiary/aromatic N) is 2. The molecule has 0 aliphatic carbocycles. The first-order chi connectivity index (χ1) is 7.75. The minimum absolute atomic E-state index is 0.326. The van der Waals surface area contributed by atoms with Gasteiger partial charge in [0.25, 0.3) is 0 Å². The zero-order valence-electron chi connectivity index (χ0n) is 8.76. The molecule has 1 atom stereocenters. The predicted octanol–water partition coefficient (Wildman–Crippen LogP) is 2.20. The molecule has 1 N–H and O–H groups in total. The molecule has 16 heavy (non-hydrogen) atoms. The van der Waals surface area contributed by atoms with Crippen LogP contribution in [-0.2, 0) is 0 Å². The van der Waals surface area contributed by atoms with Gasteiger partial charge in [-0.25, -0.2) is 9.79 Å². The number of fused-ring (bicyclic) bond motifs is 3. The van der Waals surface area contributed by atoms with Gasteiger partial charge in [0.05, 0.1) is 23.6 Å². The van der Waals surface area contributed by atoms with Crippen LogP contribution in [0.2, 0.25) is 0 Å².